The Balaban J connectivity index is 1.50. The van der Waals surface area contributed by atoms with Crippen LogP contribution in [0, 0.1) is 28.6 Å². The van der Waals surface area contributed by atoms with Crippen LogP contribution in [0.2, 0.25) is 0 Å². The molecule has 172 valence electrons. The first kappa shape index (κ1) is 21.2. The van der Waals surface area contributed by atoms with Gasteiger partial charge in [-0.15, -0.1) is 0 Å². The Hall–Kier alpha value is -1.40. The topological polar surface area (TPSA) is 76.7 Å². The normalized spacial score (nSPS) is 47.6. The summed E-state index contributed by atoms with van der Waals surface area (Å²) in [4.78, 5) is 24.6. The SMILES string of the molecule is C[C@]12CCC(=O)C=C1C[C@@H](c1cc(Br)co1)[C@@H]1[C@@H]2[C@H](O)C[C@@]2(C)[C@H]1CC[C@@]21CCC(=O)O1. The Morgan fingerprint density at radius 3 is 2.66 bits per heavy atom. The van der Waals surface area contributed by atoms with Crippen LogP contribution in [0.5, 0.6) is 0 Å². The molecule has 6 heteroatoms. The van der Waals surface area contributed by atoms with E-state index in [1.165, 1.54) is 5.57 Å². The number of furan rings is 1. The summed E-state index contributed by atoms with van der Waals surface area (Å²) < 4.78 is 13.0. The second-order valence-corrected chi connectivity index (χ2v) is 12.4. The highest BCUT2D eigenvalue weighted by Gasteiger charge is 2.70. The summed E-state index contributed by atoms with van der Waals surface area (Å²) in [6.07, 6.45) is 9.00. The van der Waals surface area contributed by atoms with Gasteiger partial charge in [-0.3, -0.25) is 9.59 Å². The summed E-state index contributed by atoms with van der Waals surface area (Å²) in [5.74, 6) is 1.75. The second-order valence-electron chi connectivity index (χ2n) is 11.4. The minimum atomic E-state index is -0.502. The Bertz CT molecular complexity index is 1030. The molecular weight excluding hydrogens is 472 g/mol. The zero-order chi connectivity index (χ0) is 22.5. The van der Waals surface area contributed by atoms with E-state index in [9.17, 15) is 14.7 Å². The predicted molar refractivity (Wildman–Crippen MR) is 121 cm³/mol. The molecule has 4 aliphatic carbocycles. The number of hydrogen-bond acceptors (Lipinski definition) is 5. The largest absolute Gasteiger partial charge is 0.468 e. The number of rotatable bonds is 1. The van der Waals surface area contributed by atoms with Crippen molar-refractivity contribution in [3.05, 3.63) is 34.2 Å². The molecule has 1 saturated heterocycles. The number of aliphatic hydroxyl groups excluding tert-OH is 1. The van der Waals surface area contributed by atoms with Gasteiger partial charge < -0.3 is 14.3 Å². The van der Waals surface area contributed by atoms with Crippen molar-refractivity contribution in [2.45, 2.75) is 82.8 Å². The van der Waals surface area contributed by atoms with Gasteiger partial charge in [-0.25, -0.2) is 0 Å². The zero-order valence-electron chi connectivity index (χ0n) is 18.7. The maximum atomic E-state index is 12.4. The maximum absolute atomic E-state index is 12.4. The van der Waals surface area contributed by atoms with Gasteiger partial charge >= 0.3 is 5.97 Å². The number of hydrogen-bond donors (Lipinski definition) is 1. The van der Waals surface area contributed by atoms with Crippen molar-refractivity contribution >= 4 is 27.7 Å². The highest BCUT2D eigenvalue weighted by atomic mass is 79.9. The lowest BCUT2D eigenvalue weighted by Crippen LogP contribution is -2.61. The van der Waals surface area contributed by atoms with Crippen LogP contribution in [0.25, 0.3) is 0 Å². The van der Waals surface area contributed by atoms with Crippen LogP contribution in [-0.4, -0.2) is 28.6 Å². The van der Waals surface area contributed by atoms with E-state index in [0.29, 0.717) is 25.2 Å². The molecule has 0 amide bonds. The fourth-order valence-electron chi connectivity index (χ4n) is 8.77. The van der Waals surface area contributed by atoms with Gasteiger partial charge in [0.1, 0.15) is 17.6 Å². The third kappa shape index (κ3) is 2.65. The fourth-order valence-corrected chi connectivity index (χ4v) is 9.09. The van der Waals surface area contributed by atoms with Crippen LogP contribution in [0.4, 0.5) is 0 Å². The minimum Gasteiger partial charge on any atom is -0.468 e. The molecule has 0 bridgehead atoms. The Morgan fingerprint density at radius 2 is 1.97 bits per heavy atom. The summed E-state index contributed by atoms with van der Waals surface area (Å²) in [5.41, 5.74) is 0.301. The predicted octanol–water partition coefficient (Wildman–Crippen LogP) is 5.31. The molecule has 6 rings (SSSR count). The molecular formula is C26H31BrO5. The van der Waals surface area contributed by atoms with E-state index in [-0.39, 0.29) is 40.3 Å². The van der Waals surface area contributed by atoms with Crippen LogP contribution >= 0.6 is 15.9 Å². The quantitative estimate of drug-likeness (QED) is 0.526. The van der Waals surface area contributed by atoms with Crippen molar-refractivity contribution in [3.63, 3.8) is 0 Å². The molecule has 1 spiro atoms. The molecule has 2 heterocycles. The average Bonchev–Trinajstić information content (AvgIpc) is 3.40. The van der Waals surface area contributed by atoms with E-state index in [4.69, 9.17) is 9.15 Å². The lowest BCUT2D eigenvalue weighted by Gasteiger charge is -2.62. The van der Waals surface area contributed by atoms with Gasteiger partial charge in [-0.1, -0.05) is 19.4 Å². The van der Waals surface area contributed by atoms with Crippen LogP contribution in [0.1, 0.15) is 76.9 Å². The van der Waals surface area contributed by atoms with Crippen LogP contribution in [0.3, 0.4) is 0 Å². The molecule has 1 N–H and O–H groups in total. The van der Waals surface area contributed by atoms with E-state index in [2.05, 4.69) is 29.8 Å². The van der Waals surface area contributed by atoms with E-state index >= 15 is 0 Å². The Morgan fingerprint density at radius 1 is 1.16 bits per heavy atom. The lowest BCUT2D eigenvalue weighted by molar-refractivity contribution is -0.188. The molecule has 32 heavy (non-hydrogen) atoms. The molecule has 4 fully saturated rings. The Labute approximate surface area is 197 Å². The van der Waals surface area contributed by atoms with Crippen molar-refractivity contribution < 1.29 is 23.8 Å². The molecule has 0 radical (unpaired) electrons. The molecule has 3 saturated carbocycles. The molecule has 1 aromatic heterocycles. The first-order chi connectivity index (χ1) is 15.2. The summed E-state index contributed by atoms with van der Waals surface area (Å²) in [5, 5.41) is 11.8. The van der Waals surface area contributed by atoms with Gasteiger partial charge in [0.25, 0.3) is 0 Å². The molecule has 0 aromatic carbocycles. The first-order valence-corrected chi connectivity index (χ1v) is 12.8. The fraction of sp³-hybridized carbons (Fsp3) is 0.692. The smallest absolute Gasteiger partial charge is 0.306 e. The molecule has 1 aromatic rings. The standard InChI is InChI=1S/C26H31BrO5/c1-24-6-3-16(28)9-14(24)10-17(20-11-15(27)13-31-20)22-18-4-7-26(8-5-21(30)32-26)25(18,2)12-19(29)23(22)24/h9,11,13,17-19,22-23,29H,3-8,10,12H2,1-2H3/t17-,18-,19+,22-,23-,24-,25-,26+/m0/s1. The number of fused-ring (bicyclic) bond motifs is 6. The van der Waals surface area contributed by atoms with Crippen LogP contribution < -0.4 is 0 Å². The van der Waals surface area contributed by atoms with Crippen LogP contribution in [0.15, 0.2) is 32.9 Å². The van der Waals surface area contributed by atoms with Gasteiger partial charge in [0.2, 0.25) is 0 Å². The zero-order valence-corrected chi connectivity index (χ0v) is 20.3. The van der Waals surface area contributed by atoms with Gasteiger partial charge in [0, 0.05) is 24.2 Å². The molecule has 5 nitrogen and oxygen atoms in total. The van der Waals surface area contributed by atoms with Crippen molar-refractivity contribution in [2.24, 2.45) is 28.6 Å². The summed E-state index contributed by atoms with van der Waals surface area (Å²) in [7, 11) is 0. The average molecular weight is 503 g/mol. The summed E-state index contributed by atoms with van der Waals surface area (Å²) in [6.45, 7) is 4.53. The molecule has 5 aliphatic rings. The third-order valence-corrected chi connectivity index (χ3v) is 10.7. The minimum absolute atomic E-state index is 0.0646. The van der Waals surface area contributed by atoms with E-state index in [1.807, 2.05) is 12.1 Å². The van der Waals surface area contributed by atoms with E-state index in [0.717, 1.165) is 42.3 Å². The van der Waals surface area contributed by atoms with Gasteiger partial charge in [-0.2, -0.15) is 0 Å². The van der Waals surface area contributed by atoms with E-state index in [1.54, 1.807) is 6.26 Å². The monoisotopic (exact) mass is 502 g/mol. The maximum Gasteiger partial charge on any atom is 0.306 e. The lowest BCUT2D eigenvalue weighted by atomic mass is 9.43. The number of ketones is 1. The number of carbonyl (C=O) groups excluding carboxylic acids is 2. The molecule has 1 aliphatic heterocycles. The summed E-state index contributed by atoms with van der Waals surface area (Å²) in [6, 6.07) is 2.05. The summed E-state index contributed by atoms with van der Waals surface area (Å²) >= 11 is 3.54. The van der Waals surface area contributed by atoms with Crippen molar-refractivity contribution in [1.82, 2.24) is 0 Å². The van der Waals surface area contributed by atoms with Gasteiger partial charge in [-0.05, 0) is 89.8 Å². The number of halogens is 1. The molecule has 8 atom stereocenters. The number of ether oxygens (including phenoxy) is 1. The number of carbonyl (C=O) groups is 2. The highest BCUT2D eigenvalue weighted by Crippen LogP contribution is 2.71. The first-order valence-electron chi connectivity index (χ1n) is 12.0. The number of allylic oxidation sites excluding steroid dienone is 1. The highest BCUT2D eigenvalue weighted by molar-refractivity contribution is 9.10. The van der Waals surface area contributed by atoms with Crippen molar-refractivity contribution in [2.75, 3.05) is 0 Å². The third-order valence-electron chi connectivity index (χ3n) is 10.2. The van der Waals surface area contributed by atoms with Crippen molar-refractivity contribution in [3.8, 4) is 0 Å². The Kier molecular flexibility index (Phi) is 4.51. The van der Waals surface area contributed by atoms with Crippen LogP contribution in [-0.2, 0) is 14.3 Å². The second kappa shape index (κ2) is 6.82. The van der Waals surface area contributed by atoms with Crippen molar-refractivity contribution in [1.29, 1.82) is 0 Å². The number of aliphatic hydroxyl groups is 1. The molecule has 0 unspecified atom stereocenters. The number of esters is 1. The van der Waals surface area contributed by atoms with Gasteiger partial charge in [0.15, 0.2) is 5.78 Å². The van der Waals surface area contributed by atoms with Gasteiger partial charge in [0.05, 0.1) is 10.6 Å². The van der Waals surface area contributed by atoms with E-state index < -0.39 is 11.7 Å².